The molecule has 1 rings (SSSR count). The molecule has 0 radical (unpaired) electrons. The Morgan fingerprint density at radius 2 is 2.06 bits per heavy atom. The lowest BCUT2D eigenvalue weighted by Crippen LogP contribution is -2.48. The summed E-state index contributed by atoms with van der Waals surface area (Å²) in [7, 11) is 1.63. The fourth-order valence-electron chi connectivity index (χ4n) is 2.28. The first-order valence-corrected chi connectivity index (χ1v) is 6.87. The van der Waals surface area contributed by atoms with Gasteiger partial charge in [0.15, 0.2) is 0 Å². The molecule has 2 amide bonds. The van der Waals surface area contributed by atoms with Gasteiger partial charge in [-0.15, -0.1) is 0 Å². The van der Waals surface area contributed by atoms with Crippen LogP contribution in [-0.4, -0.2) is 56.9 Å². The van der Waals surface area contributed by atoms with Gasteiger partial charge in [0.1, 0.15) is 0 Å². The molecule has 0 atom stereocenters. The van der Waals surface area contributed by atoms with E-state index in [-0.39, 0.29) is 6.03 Å². The lowest BCUT2D eigenvalue weighted by atomic mass is 10.0. The van der Waals surface area contributed by atoms with Gasteiger partial charge in [0, 0.05) is 39.3 Å². The van der Waals surface area contributed by atoms with Gasteiger partial charge in [-0.1, -0.05) is 13.8 Å². The Kier molecular flexibility index (Phi) is 7.05. The van der Waals surface area contributed by atoms with Crippen molar-refractivity contribution in [1.82, 2.24) is 15.5 Å². The molecule has 5 heteroatoms. The third kappa shape index (κ3) is 6.21. The summed E-state index contributed by atoms with van der Waals surface area (Å²) in [6, 6.07) is 0.241. The van der Waals surface area contributed by atoms with Crippen molar-refractivity contribution in [2.75, 3.05) is 39.9 Å². The first kappa shape index (κ1) is 15.2. The Hall–Kier alpha value is -0.810. The summed E-state index contributed by atoms with van der Waals surface area (Å²) >= 11 is 0. The number of ether oxygens (including phenoxy) is 1. The second kappa shape index (κ2) is 8.32. The largest absolute Gasteiger partial charge is 0.383 e. The predicted molar refractivity (Wildman–Crippen MR) is 72.7 cm³/mol. The van der Waals surface area contributed by atoms with Gasteiger partial charge < -0.3 is 20.3 Å². The van der Waals surface area contributed by atoms with E-state index in [1.807, 2.05) is 0 Å². The molecule has 0 unspecified atom stereocenters. The normalized spacial score (nSPS) is 18.0. The summed E-state index contributed by atoms with van der Waals surface area (Å²) in [5.74, 6) is 0.715. The monoisotopic (exact) mass is 257 g/mol. The number of hydrogen-bond acceptors (Lipinski definition) is 3. The van der Waals surface area contributed by atoms with Crippen molar-refractivity contribution in [3.8, 4) is 0 Å². The highest BCUT2D eigenvalue weighted by Crippen LogP contribution is 2.11. The smallest absolute Gasteiger partial charge is 0.315 e. The van der Waals surface area contributed by atoms with Crippen LogP contribution in [0.3, 0.4) is 0 Å². The topological polar surface area (TPSA) is 53.6 Å². The van der Waals surface area contributed by atoms with Crippen LogP contribution in [0.5, 0.6) is 0 Å². The number of carbonyl (C=O) groups is 1. The molecule has 0 aromatic rings. The van der Waals surface area contributed by atoms with Crippen LogP contribution in [-0.2, 0) is 4.74 Å². The van der Waals surface area contributed by atoms with Crippen LogP contribution in [0.2, 0.25) is 0 Å². The van der Waals surface area contributed by atoms with Gasteiger partial charge in [-0.3, -0.25) is 0 Å². The fourth-order valence-corrected chi connectivity index (χ4v) is 2.28. The van der Waals surface area contributed by atoms with Crippen molar-refractivity contribution in [2.45, 2.75) is 32.7 Å². The maximum Gasteiger partial charge on any atom is 0.315 e. The molecule has 1 saturated heterocycles. The van der Waals surface area contributed by atoms with Gasteiger partial charge >= 0.3 is 6.03 Å². The molecule has 0 aromatic heterocycles. The average Bonchev–Trinajstić information content (AvgIpc) is 2.31. The van der Waals surface area contributed by atoms with Gasteiger partial charge in [0.25, 0.3) is 0 Å². The Morgan fingerprint density at radius 3 is 2.61 bits per heavy atom. The minimum absolute atomic E-state index is 0.0747. The number of amides is 2. The van der Waals surface area contributed by atoms with Crippen molar-refractivity contribution in [1.29, 1.82) is 0 Å². The van der Waals surface area contributed by atoms with E-state index in [9.17, 15) is 4.79 Å². The van der Waals surface area contributed by atoms with E-state index in [2.05, 4.69) is 29.4 Å². The van der Waals surface area contributed by atoms with Gasteiger partial charge in [-0.2, -0.15) is 0 Å². The molecule has 1 aliphatic rings. The highest BCUT2D eigenvalue weighted by atomic mass is 16.5. The third-order valence-electron chi connectivity index (χ3n) is 3.14. The van der Waals surface area contributed by atoms with E-state index in [0.717, 1.165) is 32.5 Å². The number of nitrogens with zero attached hydrogens (tertiary/aromatic N) is 1. The van der Waals surface area contributed by atoms with Crippen LogP contribution in [0, 0.1) is 5.92 Å². The standard InChI is InChI=1S/C13H27N3O2/c1-11(2)10-16-7-4-12(5-8-16)15-13(17)14-6-9-18-3/h11-12H,4-10H2,1-3H3,(H2,14,15,17). The molecule has 1 aliphatic heterocycles. The van der Waals surface area contributed by atoms with Crippen molar-refractivity contribution in [3.63, 3.8) is 0 Å². The first-order chi connectivity index (χ1) is 8.61. The summed E-state index contributed by atoms with van der Waals surface area (Å²) in [5, 5.41) is 5.81. The molecule has 0 aliphatic carbocycles. The first-order valence-electron chi connectivity index (χ1n) is 6.87. The highest BCUT2D eigenvalue weighted by molar-refractivity contribution is 5.74. The molecule has 0 aromatic carbocycles. The fraction of sp³-hybridized carbons (Fsp3) is 0.923. The van der Waals surface area contributed by atoms with Crippen LogP contribution < -0.4 is 10.6 Å². The molecule has 2 N–H and O–H groups in total. The van der Waals surface area contributed by atoms with E-state index in [1.54, 1.807) is 7.11 Å². The number of methoxy groups -OCH3 is 1. The van der Waals surface area contributed by atoms with E-state index >= 15 is 0 Å². The van der Waals surface area contributed by atoms with Crippen LogP contribution in [0.4, 0.5) is 4.79 Å². The van der Waals surface area contributed by atoms with Gasteiger partial charge in [-0.25, -0.2) is 4.79 Å². The van der Waals surface area contributed by atoms with E-state index in [0.29, 0.717) is 25.1 Å². The number of nitrogens with one attached hydrogen (secondary N) is 2. The Morgan fingerprint density at radius 1 is 1.39 bits per heavy atom. The molecular weight excluding hydrogens is 230 g/mol. The Labute approximate surface area is 110 Å². The van der Waals surface area contributed by atoms with Crippen molar-refractivity contribution in [2.24, 2.45) is 5.92 Å². The third-order valence-corrected chi connectivity index (χ3v) is 3.14. The van der Waals surface area contributed by atoms with Gasteiger partial charge in [0.2, 0.25) is 0 Å². The zero-order valence-corrected chi connectivity index (χ0v) is 11.9. The number of carbonyl (C=O) groups excluding carboxylic acids is 1. The minimum atomic E-state index is -0.0747. The Balaban J connectivity index is 2.13. The van der Waals surface area contributed by atoms with Crippen LogP contribution in [0.15, 0.2) is 0 Å². The molecule has 5 nitrogen and oxygen atoms in total. The lowest BCUT2D eigenvalue weighted by Gasteiger charge is -2.33. The predicted octanol–water partition coefficient (Wildman–Crippen LogP) is 1.05. The highest BCUT2D eigenvalue weighted by Gasteiger charge is 2.20. The number of piperidine rings is 1. The SMILES string of the molecule is COCCNC(=O)NC1CCN(CC(C)C)CC1. The van der Waals surface area contributed by atoms with Gasteiger partial charge in [0.05, 0.1) is 6.61 Å². The van der Waals surface area contributed by atoms with Crippen LogP contribution in [0.1, 0.15) is 26.7 Å². The molecule has 106 valence electrons. The van der Waals surface area contributed by atoms with Crippen molar-refractivity contribution >= 4 is 6.03 Å². The number of likely N-dealkylation sites (tertiary alicyclic amines) is 1. The van der Waals surface area contributed by atoms with E-state index < -0.39 is 0 Å². The Bertz CT molecular complexity index is 238. The second-order valence-electron chi connectivity index (χ2n) is 5.36. The quantitative estimate of drug-likeness (QED) is 0.699. The zero-order chi connectivity index (χ0) is 13.4. The number of rotatable bonds is 6. The van der Waals surface area contributed by atoms with E-state index in [1.165, 1.54) is 0 Å². The number of urea groups is 1. The zero-order valence-electron chi connectivity index (χ0n) is 11.9. The summed E-state index contributed by atoms with van der Waals surface area (Å²) < 4.78 is 4.88. The molecule has 0 bridgehead atoms. The van der Waals surface area contributed by atoms with Crippen molar-refractivity contribution in [3.05, 3.63) is 0 Å². The maximum absolute atomic E-state index is 11.6. The molecule has 1 heterocycles. The second-order valence-corrected chi connectivity index (χ2v) is 5.36. The molecule has 18 heavy (non-hydrogen) atoms. The van der Waals surface area contributed by atoms with E-state index in [4.69, 9.17) is 4.74 Å². The minimum Gasteiger partial charge on any atom is -0.383 e. The molecule has 0 saturated carbocycles. The molecule has 0 spiro atoms. The summed E-state index contributed by atoms with van der Waals surface area (Å²) in [4.78, 5) is 14.0. The van der Waals surface area contributed by atoms with Crippen LogP contribution >= 0.6 is 0 Å². The van der Waals surface area contributed by atoms with Crippen LogP contribution in [0.25, 0.3) is 0 Å². The average molecular weight is 257 g/mol. The summed E-state index contributed by atoms with van der Waals surface area (Å²) in [5.41, 5.74) is 0. The summed E-state index contributed by atoms with van der Waals surface area (Å²) in [6.07, 6.45) is 2.09. The maximum atomic E-state index is 11.6. The number of hydrogen-bond donors (Lipinski definition) is 2. The lowest BCUT2D eigenvalue weighted by molar-refractivity contribution is 0.174. The van der Waals surface area contributed by atoms with Gasteiger partial charge in [-0.05, 0) is 18.8 Å². The molecule has 1 fully saturated rings. The molecular formula is C13H27N3O2. The summed E-state index contributed by atoms with van der Waals surface area (Å²) in [6.45, 7) is 8.94. The van der Waals surface area contributed by atoms with Crippen molar-refractivity contribution < 1.29 is 9.53 Å².